The van der Waals surface area contributed by atoms with Crippen LogP contribution in [-0.4, -0.2) is 9.97 Å². The van der Waals surface area contributed by atoms with Crippen molar-refractivity contribution in [2.24, 2.45) is 0 Å². The number of hydrogen-bond donors (Lipinski definition) is 1. The van der Waals surface area contributed by atoms with E-state index in [1.165, 1.54) is 27.8 Å². The van der Waals surface area contributed by atoms with Gasteiger partial charge in [-0.1, -0.05) is 192 Å². The van der Waals surface area contributed by atoms with Crippen molar-refractivity contribution in [3.8, 4) is 0 Å². The van der Waals surface area contributed by atoms with Crippen LogP contribution in [0.2, 0.25) is 0 Å². The molecule has 0 saturated heterocycles. The molecule has 0 aliphatic heterocycles. The molecule has 0 unspecified atom stereocenters. The van der Waals surface area contributed by atoms with E-state index in [-0.39, 0.29) is 21.7 Å². The van der Waals surface area contributed by atoms with Crippen LogP contribution in [0.25, 0.3) is 0 Å². The van der Waals surface area contributed by atoms with Gasteiger partial charge in [0.1, 0.15) is 16.2 Å². The van der Waals surface area contributed by atoms with Gasteiger partial charge in [0.25, 0.3) is 0 Å². The minimum atomic E-state index is 0.117. The summed E-state index contributed by atoms with van der Waals surface area (Å²) in [6.07, 6.45) is 0.814. The summed E-state index contributed by atoms with van der Waals surface area (Å²) in [6.45, 7) is 26.9. The van der Waals surface area contributed by atoms with Crippen molar-refractivity contribution in [1.29, 1.82) is 0 Å². The Kier molecular flexibility index (Phi) is 16.8. The minimum absolute atomic E-state index is 0.117. The van der Waals surface area contributed by atoms with Crippen LogP contribution < -0.4 is 15.5 Å². The van der Waals surface area contributed by atoms with Crippen molar-refractivity contribution >= 4 is 56.0 Å². The first kappa shape index (κ1) is 51.9. The Balaban J connectivity index is 0.000000201. The fourth-order valence-electron chi connectivity index (χ4n) is 7.74. The van der Waals surface area contributed by atoms with Gasteiger partial charge in [0.15, 0.2) is 0 Å². The maximum absolute atomic E-state index is 5.36. The summed E-state index contributed by atoms with van der Waals surface area (Å²) in [5.74, 6) is 1.82. The van der Waals surface area contributed by atoms with Crippen LogP contribution in [0.5, 0.6) is 0 Å². The van der Waals surface area contributed by atoms with Gasteiger partial charge in [0, 0.05) is 40.6 Å². The highest BCUT2D eigenvalue weighted by molar-refractivity contribution is 9.10. The molecule has 0 amide bonds. The molecule has 0 aliphatic rings. The van der Waals surface area contributed by atoms with E-state index in [1.807, 2.05) is 48.5 Å². The third-order valence-corrected chi connectivity index (χ3v) is 12.4. The zero-order chi connectivity index (χ0) is 50.0. The summed E-state index contributed by atoms with van der Waals surface area (Å²) in [5.41, 5.74) is 18.7. The number of para-hydroxylation sites is 1. The van der Waals surface area contributed by atoms with Gasteiger partial charge in [-0.15, -0.1) is 0 Å². The summed E-state index contributed by atoms with van der Waals surface area (Å²) in [6, 6.07) is 67.7. The summed E-state index contributed by atoms with van der Waals surface area (Å²) < 4.78 is 0.827. The van der Waals surface area contributed by atoms with E-state index >= 15 is 0 Å². The van der Waals surface area contributed by atoms with Crippen LogP contribution in [0.4, 0.5) is 40.1 Å². The maximum atomic E-state index is 5.36. The van der Waals surface area contributed by atoms with Crippen LogP contribution in [0.3, 0.4) is 0 Å². The molecule has 0 bridgehead atoms. The molecule has 0 saturated carbocycles. The highest BCUT2D eigenvalue weighted by Crippen LogP contribution is 2.38. The Bertz CT molecular complexity index is 2700. The zero-order valence-corrected chi connectivity index (χ0v) is 44.5. The van der Waals surface area contributed by atoms with Crippen molar-refractivity contribution in [2.75, 3.05) is 15.5 Å². The van der Waals surface area contributed by atoms with E-state index in [9.17, 15) is 0 Å². The molecule has 2 N–H and O–H groups in total. The topological polar surface area (TPSA) is 58.3 Å². The number of nitrogens with two attached hydrogens (primary N) is 1. The SMILES string of the molecule is CC(C)(C)c1ccc(N(c2ccc(C(C)(C)C)cc2)c2cccc(Br)n2)cc1.CC(C)(C)c1ccc(N(c2ccc(C(C)(C)C)cc2)c2cccc(Cc3ccccc3)n2)cc1.Nc1ccccc1. The van der Waals surface area contributed by atoms with Crippen LogP contribution in [0, 0.1) is 0 Å². The molecular formula is C63H72BrN5. The van der Waals surface area contributed by atoms with Gasteiger partial charge in [0.2, 0.25) is 0 Å². The first-order valence-corrected chi connectivity index (χ1v) is 24.8. The zero-order valence-electron chi connectivity index (χ0n) is 42.9. The Morgan fingerprint density at radius 2 is 0.681 bits per heavy atom. The fourth-order valence-corrected chi connectivity index (χ4v) is 8.07. The van der Waals surface area contributed by atoms with Gasteiger partial charge in [-0.05, 0) is 150 Å². The second kappa shape index (κ2) is 22.3. The molecule has 6 aromatic carbocycles. The van der Waals surface area contributed by atoms with Gasteiger partial charge in [-0.25, -0.2) is 9.97 Å². The smallest absolute Gasteiger partial charge is 0.138 e. The van der Waals surface area contributed by atoms with Gasteiger partial charge in [-0.2, -0.15) is 0 Å². The molecule has 0 atom stereocenters. The average Bonchev–Trinajstić information content (AvgIpc) is 3.30. The molecule has 0 aliphatic carbocycles. The second-order valence-electron chi connectivity index (χ2n) is 21.7. The predicted molar refractivity (Wildman–Crippen MR) is 300 cm³/mol. The third-order valence-electron chi connectivity index (χ3n) is 11.9. The van der Waals surface area contributed by atoms with Crippen molar-refractivity contribution in [3.05, 3.63) is 232 Å². The number of nitrogen functional groups attached to an aromatic ring is 1. The van der Waals surface area contributed by atoms with Gasteiger partial charge in [-0.3, -0.25) is 9.80 Å². The molecule has 5 nitrogen and oxygen atoms in total. The lowest BCUT2D eigenvalue weighted by molar-refractivity contribution is 0.590. The highest BCUT2D eigenvalue weighted by Gasteiger charge is 2.21. The highest BCUT2D eigenvalue weighted by atomic mass is 79.9. The van der Waals surface area contributed by atoms with E-state index < -0.39 is 0 Å². The molecule has 2 heterocycles. The molecule has 356 valence electrons. The minimum Gasteiger partial charge on any atom is -0.399 e. The summed E-state index contributed by atoms with van der Waals surface area (Å²) in [5, 5.41) is 0. The second-order valence-corrected chi connectivity index (χ2v) is 22.5. The molecule has 6 heteroatoms. The van der Waals surface area contributed by atoms with Crippen molar-refractivity contribution in [3.63, 3.8) is 0 Å². The summed E-state index contributed by atoms with van der Waals surface area (Å²) >= 11 is 3.51. The van der Waals surface area contributed by atoms with Gasteiger partial charge >= 0.3 is 0 Å². The van der Waals surface area contributed by atoms with Crippen LogP contribution >= 0.6 is 15.9 Å². The van der Waals surface area contributed by atoms with E-state index in [0.717, 1.165) is 56.8 Å². The predicted octanol–water partition coefficient (Wildman–Crippen LogP) is 17.9. The summed E-state index contributed by atoms with van der Waals surface area (Å²) in [7, 11) is 0. The standard InChI is InChI=1S/C32H36N2.C25H29BrN2.C6H7N/c1-31(2,3)25-15-19-28(20-16-25)34(29-21-17-26(18-22-29)32(4,5)6)30-14-10-13-27(33-30)23-24-11-8-7-9-12-24;1-24(2,3)18-10-14-20(15-11-18)28(23-9-7-8-22(26)27-23)21-16-12-19(13-17-21)25(4,5)6;7-6-4-2-1-3-5-6/h7-22H,23H2,1-6H3;7-17H,1-6H3;1-5H,7H2. The number of rotatable bonds is 8. The lowest BCUT2D eigenvalue weighted by atomic mass is 9.86. The van der Waals surface area contributed by atoms with Crippen LogP contribution in [0.1, 0.15) is 117 Å². The van der Waals surface area contributed by atoms with Crippen molar-refractivity contribution < 1.29 is 0 Å². The normalized spacial score (nSPS) is 11.7. The van der Waals surface area contributed by atoms with Gasteiger partial charge < -0.3 is 5.73 Å². The number of pyridine rings is 2. The number of anilines is 7. The largest absolute Gasteiger partial charge is 0.399 e. The quantitative estimate of drug-likeness (QED) is 0.121. The molecular weight excluding hydrogens is 907 g/mol. The Morgan fingerprint density at radius 1 is 0.362 bits per heavy atom. The average molecular weight is 979 g/mol. The third kappa shape index (κ3) is 14.7. The number of benzene rings is 6. The van der Waals surface area contributed by atoms with Crippen LogP contribution in [0.15, 0.2) is 199 Å². The van der Waals surface area contributed by atoms with Gasteiger partial charge in [0.05, 0.1) is 0 Å². The number of nitrogens with zero attached hydrogens (tertiary/aromatic N) is 4. The lowest BCUT2D eigenvalue weighted by Gasteiger charge is -2.27. The van der Waals surface area contributed by atoms with E-state index in [4.69, 9.17) is 15.7 Å². The molecule has 0 fully saturated rings. The monoisotopic (exact) mass is 977 g/mol. The Hall–Kier alpha value is -6.50. The molecule has 2 aromatic heterocycles. The first-order valence-electron chi connectivity index (χ1n) is 24.0. The molecule has 0 spiro atoms. The first-order chi connectivity index (χ1) is 32.6. The number of halogens is 1. The Morgan fingerprint density at radius 3 is 0.986 bits per heavy atom. The fraction of sp³-hybridized carbons (Fsp3) is 0.270. The van der Waals surface area contributed by atoms with E-state index in [1.54, 1.807) is 0 Å². The van der Waals surface area contributed by atoms with Crippen LogP contribution in [-0.2, 0) is 28.1 Å². The maximum Gasteiger partial charge on any atom is 0.138 e. The number of aromatic nitrogens is 2. The molecule has 8 aromatic rings. The summed E-state index contributed by atoms with van der Waals surface area (Å²) in [4.78, 5) is 14.3. The Labute approximate surface area is 422 Å². The molecule has 69 heavy (non-hydrogen) atoms. The van der Waals surface area contributed by atoms with Crippen molar-refractivity contribution in [2.45, 2.75) is 111 Å². The lowest BCUT2D eigenvalue weighted by Crippen LogP contribution is -2.15. The molecule has 8 rings (SSSR count). The van der Waals surface area contributed by atoms with Crippen molar-refractivity contribution in [1.82, 2.24) is 9.97 Å². The number of hydrogen-bond acceptors (Lipinski definition) is 5. The molecule has 0 radical (unpaired) electrons. The van der Waals surface area contributed by atoms with E-state index in [0.29, 0.717) is 0 Å². The van der Waals surface area contributed by atoms with E-state index in [2.05, 4.69) is 254 Å².